The second kappa shape index (κ2) is 3.37. The number of carbonyl (C=O) groups excluding carboxylic acids is 1. The number of aldehydes is 1. The second-order valence-electron chi connectivity index (χ2n) is 1.88. The van der Waals surface area contributed by atoms with E-state index in [4.69, 9.17) is 5.26 Å². The first-order chi connectivity index (χ1) is 5.36. The van der Waals surface area contributed by atoms with Gasteiger partial charge in [-0.25, -0.2) is 0 Å². The van der Waals surface area contributed by atoms with E-state index in [9.17, 15) is 4.79 Å². The number of nitriles is 1. The van der Waals surface area contributed by atoms with Crippen molar-refractivity contribution in [3.8, 4) is 12.0 Å². The van der Waals surface area contributed by atoms with E-state index in [-0.39, 0.29) is 0 Å². The van der Waals surface area contributed by atoms with Gasteiger partial charge in [-0.2, -0.15) is 0 Å². The summed E-state index contributed by atoms with van der Waals surface area (Å²) < 4.78 is 4.49. The Labute approximate surface area is 63.8 Å². The minimum Gasteiger partial charge on any atom is -0.388 e. The minimum absolute atomic E-state index is 0.443. The zero-order valence-corrected chi connectivity index (χ0v) is 5.65. The van der Waals surface area contributed by atoms with Crippen LogP contribution in [0.15, 0.2) is 24.3 Å². The molecule has 0 fully saturated rings. The van der Waals surface area contributed by atoms with Crippen LogP contribution in [0.25, 0.3) is 0 Å². The molecule has 0 amide bonds. The minimum atomic E-state index is 0.443. The van der Waals surface area contributed by atoms with Gasteiger partial charge < -0.3 is 4.74 Å². The molecule has 3 nitrogen and oxygen atoms in total. The maximum Gasteiger partial charge on any atom is 0.292 e. The molecule has 0 N–H and O–H groups in total. The molecule has 11 heavy (non-hydrogen) atoms. The van der Waals surface area contributed by atoms with Crippen LogP contribution in [0.5, 0.6) is 5.75 Å². The third-order valence-electron chi connectivity index (χ3n) is 1.18. The van der Waals surface area contributed by atoms with Gasteiger partial charge in [0.05, 0.1) is 0 Å². The van der Waals surface area contributed by atoms with Gasteiger partial charge in [0, 0.05) is 5.56 Å². The quantitative estimate of drug-likeness (QED) is 0.468. The van der Waals surface area contributed by atoms with E-state index in [0.717, 1.165) is 6.29 Å². The van der Waals surface area contributed by atoms with Gasteiger partial charge >= 0.3 is 0 Å². The average molecular weight is 147 g/mol. The van der Waals surface area contributed by atoms with Gasteiger partial charge in [-0.05, 0) is 24.3 Å². The summed E-state index contributed by atoms with van der Waals surface area (Å²) in [7, 11) is 0. The Morgan fingerprint density at radius 1 is 1.36 bits per heavy atom. The number of hydrogen-bond donors (Lipinski definition) is 0. The van der Waals surface area contributed by atoms with Crippen molar-refractivity contribution in [2.45, 2.75) is 0 Å². The lowest BCUT2D eigenvalue weighted by molar-refractivity contribution is 0.112. The van der Waals surface area contributed by atoms with E-state index < -0.39 is 0 Å². The van der Waals surface area contributed by atoms with Gasteiger partial charge in [-0.3, -0.25) is 4.79 Å². The topological polar surface area (TPSA) is 50.1 Å². The summed E-state index contributed by atoms with van der Waals surface area (Å²) in [5.41, 5.74) is 0.565. The third-order valence-corrected chi connectivity index (χ3v) is 1.18. The number of carbonyl (C=O) groups is 1. The van der Waals surface area contributed by atoms with Gasteiger partial charge in [0.2, 0.25) is 0 Å². The molecular formula is C8H5NO2. The van der Waals surface area contributed by atoms with E-state index in [1.54, 1.807) is 24.3 Å². The maximum absolute atomic E-state index is 10.2. The van der Waals surface area contributed by atoms with Crippen molar-refractivity contribution in [2.75, 3.05) is 0 Å². The Bertz CT molecular complexity index is 284. The number of rotatable bonds is 2. The number of ether oxygens (including phenoxy) is 1. The molecule has 0 atom stereocenters. The molecule has 0 saturated carbocycles. The number of benzene rings is 1. The molecule has 0 bridgehead atoms. The zero-order valence-electron chi connectivity index (χ0n) is 5.65. The number of hydrogen-bond acceptors (Lipinski definition) is 3. The van der Waals surface area contributed by atoms with Crippen LogP contribution in [0.3, 0.4) is 0 Å². The highest BCUT2D eigenvalue weighted by atomic mass is 16.5. The smallest absolute Gasteiger partial charge is 0.292 e. The van der Waals surface area contributed by atoms with Crippen LogP contribution >= 0.6 is 0 Å². The molecule has 0 aliphatic heterocycles. The Kier molecular flexibility index (Phi) is 2.24. The fourth-order valence-corrected chi connectivity index (χ4v) is 0.667. The molecule has 54 valence electrons. The highest BCUT2D eigenvalue weighted by Gasteiger charge is 1.91. The standard InChI is InChI=1S/C8H5NO2/c9-6-11-8-3-1-7(5-10)2-4-8/h1-5H. The van der Waals surface area contributed by atoms with E-state index in [0.29, 0.717) is 11.3 Å². The molecule has 0 radical (unpaired) electrons. The lowest BCUT2D eigenvalue weighted by Crippen LogP contribution is -1.82. The Morgan fingerprint density at radius 3 is 2.45 bits per heavy atom. The highest BCUT2D eigenvalue weighted by molar-refractivity contribution is 5.74. The highest BCUT2D eigenvalue weighted by Crippen LogP contribution is 2.09. The zero-order chi connectivity index (χ0) is 8.10. The van der Waals surface area contributed by atoms with E-state index in [1.807, 2.05) is 0 Å². The van der Waals surface area contributed by atoms with Crippen LogP contribution in [0, 0.1) is 11.5 Å². The maximum atomic E-state index is 10.2. The van der Waals surface area contributed by atoms with Crippen molar-refractivity contribution in [1.82, 2.24) is 0 Å². The van der Waals surface area contributed by atoms with Crippen LogP contribution in [-0.2, 0) is 0 Å². The van der Waals surface area contributed by atoms with Crippen LogP contribution in [-0.4, -0.2) is 6.29 Å². The van der Waals surface area contributed by atoms with Crippen molar-refractivity contribution < 1.29 is 9.53 Å². The summed E-state index contributed by atoms with van der Waals surface area (Å²) in [6, 6.07) is 6.29. The first kappa shape index (κ1) is 7.29. The predicted octanol–water partition coefficient (Wildman–Crippen LogP) is 1.36. The fourth-order valence-electron chi connectivity index (χ4n) is 0.667. The summed E-state index contributed by atoms with van der Waals surface area (Å²) in [6.07, 6.45) is 2.27. The van der Waals surface area contributed by atoms with Gasteiger partial charge in [0.1, 0.15) is 12.0 Å². The normalized spacial score (nSPS) is 8.27. The first-order valence-corrected chi connectivity index (χ1v) is 2.98. The predicted molar refractivity (Wildman–Crippen MR) is 38.1 cm³/mol. The third kappa shape index (κ3) is 1.80. The Morgan fingerprint density at radius 2 is 2.00 bits per heavy atom. The molecule has 0 aliphatic rings. The molecule has 0 unspecified atom stereocenters. The van der Waals surface area contributed by atoms with Crippen LogP contribution in [0.4, 0.5) is 0 Å². The van der Waals surface area contributed by atoms with Gasteiger partial charge in [-0.15, -0.1) is 5.26 Å². The lowest BCUT2D eigenvalue weighted by atomic mass is 10.2. The van der Waals surface area contributed by atoms with Crippen LogP contribution in [0.1, 0.15) is 10.4 Å². The summed E-state index contributed by atoms with van der Waals surface area (Å²) in [6.45, 7) is 0. The van der Waals surface area contributed by atoms with Crippen molar-refractivity contribution in [3.63, 3.8) is 0 Å². The van der Waals surface area contributed by atoms with Crippen molar-refractivity contribution >= 4 is 6.29 Å². The van der Waals surface area contributed by atoms with Crippen molar-refractivity contribution in [2.24, 2.45) is 0 Å². The van der Waals surface area contributed by atoms with Gasteiger partial charge in [0.15, 0.2) is 0 Å². The molecule has 1 aromatic rings. The molecular weight excluding hydrogens is 142 g/mol. The first-order valence-electron chi connectivity index (χ1n) is 2.98. The molecule has 0 aliphatic carbocycles. The lowest BCUT2D eigenvalue weighted by Gasteiger charge is -1.93. The van der Waals surface area contributed by atoms with E-state index in [1.165, 1.54) is 6.26 Å². The monoisotopic (exact) mass is 147 g/mol. The molecule has 0 spiro atoms. The molecule has 0 heterocycles. The molecule has 1 rings (SSSR count). The second-order valence-corrected chi connectivity index (χ2v) is 1.88. The van der Waals surface area contributed by atoms with Crippen molar-refractivity contribution in [1.29, 1.82) is 5.26 Å². The summed E-state index contributed by atoms with van der Waals surface area (Å²) in [5.74, 6) is 0.443. The average Bonchev–Trinajstić information content (AvgIpc) is 2.07. The van der Waals surface area contributed by atoms with Crippen LogP contribution in [0.2, 0.25) is 0 Å². The summed E-state index contributed by atoms with van der Waals surface area (Å²) in [5, 5.41) is 8.10. The van der Waals surface area contributed by atoms with Crippen LogP contribution < -0.4 is 4.74 Å². The van der Waals surface area contributed by atoms with E-state index in [2.05, 4.69) is 4.74 Å². The van der Waals surface area contributed by atoms with Crippen molar-refractivity contribution in [3.05, 3.63) is 29.8 Å². The Balaban J connectivity index is 2.84. The fraction of sp³-hybridized carbons (Fsp3) is 0. The summed E-state index contributed by atoms with van der Waals surface area (Å²) in [4.78, 5) is 10.2. The molecule has 0 saturated heterocycles. The molecule has 3 heteroatoms. The molecule has 1 aromatic carbocycles. The molecule has 0 aromatic heterocycles. The van der Waals surface area contributed by atoms with Gasteiger partial charge in [0.25, 0.3) is 6.26 Å². The van der Waals surface area contributed by atoms with Gasteiger partial charge in [-0.1, -0.05) is 0 Å². The largest absolute Gasteiger partial charge is 0.388 e. The Hall–Kier alpha value is -1.82. The summed E-state index contributed by atoms with van der Waals surface area (Å²) >= 11 is 0. The number of nitrogens with zero attached hydrogens (tertiary/aromatic N) is 1. The SMILES string of the molecule is N#COc1ccc(C=O)cc1. The van der Waals surface area contributed by atoms with E-state index >= 15 is 0 Å².